The van der Waals surface area contributed by atoms with Crippen LogP contribution in [0.3, 0.4) is 0 Å². The maximum Gasteiger partial charge on any atom is 0.272 e. The quantitative estimate of drug-likeness (QED) is 0.731. The van der Waals surface area contributed by atoms with Crippen LogP contribution in [0.5, 0.6) is 0 Å². The van der Waals surface area contributed by atoms with E-state index in [9.17, 15) is 4.79 Å². The first-order valence-electron chi connectivity index (χ1n) is 10.6. The van der Waals surface area contributed by atoms with Gasteiger partial charge in [0.2, 0.25) is 5.95 Å². The number of hydrogen-bond acceptors (Lipinski definition) is 7. The number of morpholine rings is 1. The zero-order valence-corrected chi connectivity index (χ0v) is 17.7. The molecular weight excluding hydrogens is 384 g/mol. The molecule has 0 unspecified atom stereocenters. The van der Waals surface area contributed by atoms with Gasteiger partial charge in [0.15, 0.2) is 0 Å². The summed E-state index contributed by atoms with van der Waals surface area (Å²) in [6, 6.07) is 1.76. The molecule has 3 atom stereocenters. The molecule has 3 aliphatic rings. The van der Waals surface area contributed by atoms with Crippen LogP contribution in [0.1, 0.15) is 42.0 Å². The van der Waals surface area contributed by atoms with Gasteiger partial charge in [-0.25, -0.2) is 9.97 Å². The van der Waals surface area contributed by atoms with Gasteiger partial charge < -0.3 is 19.3 Å². The number of rotatable bonds is 2. The van der Waals surface area contributed by atoms with Crippen LogP contribution >= 0.6 is 0 Å². The van der Waals surface area contributed by atoms with Gasteiger partial charge in [0.1, 0.15) is 5.69 Å². The van der Waals surface area contributed by atoms with Crippen molar-refractivity contribution < 1.29 is 14.3 Å². The molecule has 2 aromatic heterocycles. The summed E-state index contributed by atoms with van der Waals surface area (Å²) in [5.74, 6) is 0.748. The molecule has 9 nitrogen and oxygen atoms in total. The van der Waals surface area contributed by atoms with Crippen molar-refractivity contribution >= 4 is 11.9 Å². The molecule has 0 bridgehead atoms. The van der Waals surface area contributed by atoms with Gasteiger partial charge in [-0.1, -0.05) is 0 Å². The molecule has 9 heteroatoms. The minimum atomic E-state index is -0.289. The summed E-state index contributed by atoms with van der Waals surface area (Å²) in [5, 5.41) is 4.13. The molecule has 2 fully saturated rings. The Hall–Kier alpha value is -2.52. The Morgan fingerprint density at radius 1 is 1.27 bits per heavy atom. The van der Waals surface area contributed by atoms with E-state index in [1.54, 1.807) is 24.0 Å². The highest BCUT2D eigenvalue weighted by Crippen LogP contribution is 2.40. The fraction of sp³-hybridized carbons (Fsp3) is 0.619. The number of aryl methyl sites for hydroxylation is 1. The molecular formula is C21H28N6O3. The van der Waals surface area contributed by atoms with Gasteiger partial charge >= 0.3 is 0 Å². The van der Waals surface area contributed by atoms with E-state index in [4.69, 9.17) is 14.5 Å². The molecule has 0 radical (unpaired) electrons. The molecule has 0 aromatic carbocycles. The van der Waals surface area contributed by atoms with Gasteiger partial charge in [-0.05, 0) is 26.3 Å². The molecule has 5 rings (SSSR count). The zero-order chi connectivity index (χ0) is 20.9. The van der Waals surface area contributed by atoms with Gasteiger partial charge in [0.25, 0.3) is 5.91 Å². The molecule has 1 spiro atoms. The Kier molecular flexibility index (Phi) is 4.74. The number of likely N-dealkylation sites (tertiary alicyclic amines) is 1. The van der Waals surface area contributed by atoms with E-state index in [0.717, 1.165) is 36.7 Å². The smallest absolute Gasteiger partial charge is 0.272 e. The number of nitrogens with zero attached hydrogens (tertiary/aromatic N) is 6. The Balaban J connectivity index is 1.43. The molecule has 3 aliphatic heterocycles. The van der Waals surface area contributed by atoms with Crippen LogP contribution in [-0.2, 0) is 28.5 Å². The first-order chi connectivity index (χ1) is 14.4. The fourth-order valence-electron chi connectivity index (χ4n) is 4.98. The van der Waals surface area contributed by atoms with Crippen molar-refractivity contribution in [3.05, 3.63) is 35.4 Å². The lowest BCUT2D eigenvalue weighted by molar-refractivity contribution is -0.00584. The van der Waals surface area contributed by atoms with E-state index in [-0.39, 0.29) is 23.5 Å². The molecule has 1 amide bonds. The van der Waals surface area contributed by atoms with Crippen LogP contribution in [-0.4, -0.2) is 75.5 Å². The largest absolute Gasteiger partial charge is 0.376 e. The monoisotopic (exact) mass is 412 g/mol. The predicted octanol–water partition coefficient (Wildman–Crippen LogP) is 1.14. The second kappa shape index (κ2) is 7.31. The second-order valence-electron chi connectivity index (χ2n) is 8.80. The van der Waals surface area contributed by atoms with Crippen LogP contribution in [0.2, 0.25) is 0 Å². The molecule has 2 saturated heterocycles. The third-order valence-corrected chi connectivity index (χ3v) is 6.37. The molecule has 5 heterocycles. The van der Waals surface area contributed by atoms with E-state index in [2.05, 4.69) is 28.8 Å². The lowest BCUT2D eigenvalue weighted by atomic mass is 9.80. The third kappa shape index (κ3) is 3.26. The highest BCUT2D eigenvalue weighted by molar-refractivity contribution is 5.92. The highest BCUT2D eigenvalue weighted by atomic mass is 16.5. The number of carbonyl (C=O) groups excluding carboxylic acids is 1. The average Bonchev–Trinajstić information content (AvgIpc) is 3.34. The van der Waals surface area contributed by atoms with E-state index < -0.39 is 0 Å². The average molecular weight is 412 g/mol. The van der Waals surface area contributed by atoms with Crippen molar-refractivity contribution in [2.24, 2.45) is 7.05 Å². The predicted molar refractivity (Wildman–Crippen MR) is 109 cm³/mol. The second-order valence-corrected chi connectivity index (χ2v) is 8.80. The summed E-state index contributed by atoms with van der Waals surface area (Å²) in [6.07, 6.45) is 4.67. The van der Waals surface area contributed by atoms with Crippen molar-refractivity contribution in [3.63, 3.8) is 0 Å². The van der Waals surface area contributed by atoms with Crippen LogP contribution in [0, 0.1) is 0 Å². The normalized spacial score (nSPS) is 28.8. The SMILES string of the molecule is C[C@@H]1CN(c2ncc3c(n2)[C@@]2(CCN(C(=O)c4ccnn4C)C2)COC3)C[C@H](C)O1. The van der Waals surface area contributed by atoms with Gasteiger partial charge in [0, 0.05) is 51.2 Å². The highest BCUT2D eigenvalue weighted by Gasteiger charge is 2.47. The number of hydrogen-bond donors (Lipinski definition) is 0. The van der Waals surface area contributed by atoms with Gasteiger partial charge in [-0.3, -0.25) is 9.48 Å². The van der Waals surface area contributed by atoms with E-state index in [0.29, 0.717) is 32.0 Å². The fourth-order valence-corrected chi connectivity index (χ4v) is 4.98. The Morgan fingerprint density at radius 2 is 2.07 bits per heavy atom. The number of aromatic nitrogens is 4. The molecule has 30 heavy (non-hydrogen) atoms. The first kappa shape index (κ1) is 19.4. The summed E-state index contributed by atoms with van der Waals surface area (Å²) in [5.41, 5.74) is 2.37. The van der Waals surface area contributed by atoms with Crippen molar-refractivity contribution in [1.29, 1.82) is 0 Å². The first-order valence-corrected chi connectivity index (χ1v) is 10.6. The lowest BCUT2D eigenvalue weighted by Gasteiger charge is -2.38. The number of fused-ring (bicyclic) bond motifs is 2. The van der Waals surface area contributed by atoms with Crippen LogP contribution in [0.25, 0.3) is 0 Å². The van der Waals surface area contributed by atoms with Crippen LogP contribution in [0.15, 0.2) is 18.5 Å². The standard InChI is InChI=1S/C21H28N6O3/c1-14-9-27(10-15(2)30-14)20-22-8-16-11-29-13-21(18(16)24-20)5-7-26(12-21)19(28)17-4-6-23-25(17)3/h4,6,8,14-15H,5,7,9-13H2,1-3H3/t14-,15+,21-/m1/s1. The van der Waals surface area contributed by atoms with Crippen molar-refractivity contribution in [2.75, 3.05) is 37.7 Å². The minimum absolute atomic E-state index is 0.00380. The topological polar surface area (TPSA) is 85.6 Å². The number of anilines is 1. The Morgan fingerprint density at radius 3 is 2.80 bits per heavy atom. The van der Waals surface area contributed by atoms with E-state index in [1.165, 1.54) is 0 Å². The lowest BCUT2D eigenvalue weighted by Crippen LogP contribution is -2.47. The molecule has 0 N–H and O–H groups in total. The van der Waals surface area contributed by atoms with Crippen molar-refractivity contribution in [3.8, 4) is 0 Å². The molecule has 0 aliphatic carbocycles. The Bertz CT molecular complexity index is 952. The van der Waals surface area contributed by atoms with Crippen molar-refractivity contribution in [2.45, 2.75) is 44.5 Å². The van der Waals surface area contributed by atoms with Gasteiger partial charge in [-0.2, -0.15) is 5.10 Å². The summed E-state index contributed by atoms with van der Waals surface area (Å²) in [4.78, 5) is 26.8. The number of amides is 1. The maximum atomic E-state index is 13.0. The molecule has 160 valence electrons. The van der Waals surface area contributed by atoms with Crippen LogP contribution in [0.4, 0.5) is 5.95 Å². The maximum absolute atomic E-state index is 13.0. The van der Waals surface area contributed by atoms with Crippen molar-refractivity contribution in [1.82, 2.24) is 24.6 Å². The van der Waals surface area contributed by atoms with E-state index >= 15 is 0 Å². The van der Waals surface area contributed by atoms with Crippen LogP contribution < -0.4 is 4.90 Å². The zero-order valence-electron chi connectivity index (χ0n) is 17.7. The third-order valence-electron chi connectivity index (χ3n) is 6.37. The number of carbonyl (C=O) groups is 1. The summed E-state index contributed by atoms with van der Waals surface area (Å²) in [7, 11) is 1.79. The minimum Gasteiger partial charge on any atom is -0.376 e. The Labute approximate surface area is 176 Å². The number of ether oxygens (including phenoxy) is 2. The molecule has 0 saturated carbocycles. The summed E-state index contributed by atoms with van der Waals surface area (Å²) in [6.45, 7) is 8.07. The van der Waals surface area contributed by atoms with Gasteiger partial charge in [0.05, 0.1) is 36.5 Å². The molecule has 2 aromatic rings. The van der Waals surface area contributed by atoms with E-state index in [1.807, 2.05) is 11.1 Å². The summed E-state index contributed by atoms with van der Waals surface area (Å²) < 4.78 is 13.4. The van der Waals surface area contributed by atoms with Gasteiger partial charge in [-0.15, -0.1) is 0 Å². The summed E-state index contributed by atoms with van der Waals surface area (Å²) >= 11 is 0.